The second-order valence-corrected chi connectivity index (χ2v) is 9.22. The Morgan fingerprint density at radius 2 is 1.67 bits per heavy atom. The highest BCUT2D eigenvalue weighted by molar-refractivity contribution is 6.33. The van der Waals surface area contributed by atoms with Crippen LogP contribution in [0.3, 0.4) is 0 Å². The average Bonchev–Trinajstić information content (AvgIpc) is 3.28. The Morgan fingerprint density at radius 3 is 2.39 bits per heavy atom. The Kier molecular flexibility index (Phi) is 6.94. The van der Waals surface area contributed by atoms with Gasteiger partial charge in [0.25, 0.3) is 0 Å². The van der Waals surface area contributed by atoms with Gasteiger partial charge in [-0.2, -0.15) is 5.10 Å². The maximum atomic E-state index is 13.6. The molecule has 0 aliphatic carbocycles. The number of Topliss-reactive ketones (excluding diaryl/α,β-unsaturated/α-hetero) is 1. The molecule has 0 amide bonds. The van der Waals surface area contributed by atoms with Crippen molar-refractivity contribution in [1.29, 1.82) is 0 Å². The highest BCUT2D eigenvalue weighted by atomic mass is 35.5. The molecule has 0 fully saturated rings. The Balaban J connectivity index is 1.54. The van der Waals surface area contributed by atoms with Gasteiger partial charge in [-0.3, -0.25) is 4.79 Å². The Labute approximate surface area is 213 Å². The van der Waals surface area contributed by atoms with Crippen molar-refractivity contribution >= 4 is 28.3 Å². The van der Waals surface area contributed by atoms with Crippen molar-refractivity contribution in [2.24, 2.45) is 5.92 Å². The number of carbonyl (C=O) groups excluding carboxylic acids is 1. The zero-order valence-electron chi connectivity index (χ0n) is 19.4. The summed E-state index contributed by atoms with van der Waals surface area (Å²) < 4.78 is 15.3. The molecule has 0 aliphatic rings. The van der Waals surface area contributed by atoms with E-state index in [9.17, 15) is 14.3 Å². The van der Waals surface area contributed by atoms with E-state index in [0.29, 0.717) is 33.9 Å². The number of hydrogen-bond acceptors (Lipinski definition) is 3. The molecule has 0 bridgehead atoms. The van der Waals surface area contributed by atoms with Crippen LogP contribution in [0.2, 0.25) is 5.02 Å². The lowest BCUT2D eigenvalue weighted by atomic mass is 9.92. The number of fused-ring (bicyclic) bond motifs is 1. The second kappa shape index (κ2) is 10.4. The number of hydrogen-bond donors (Lipinski definition) is 1. The first-order valence-electron chi connectivity index (χ1n) is 11.7. The van der Waals surface area contributed by atoms with Gasteiger partial charge in [-0.1, -0.05) is 66.2 Å². The summed E-state index contributed by atoms with van der Waals surface area (Å²) in [5.41, 5.74) is 4.44. The van der Waals surface area contributed by atoms with Crippen LogP contribution in [0.1, 0.15) is 22.3 Å². The second-order valence-electron chi connectivity index (χ2n) is 8.81. The van der Waals surface area contributed by atoms with Gasteiger partial charge in [0, 0.05) is 29.5 Å². The van der Waals surface area contributed by atoms with Crippen molar-refractivity contribution in [2.75, 3.05) is 6.61 Å². The monoisotopic (exact) mass is 498 g/mol. The standard InChI is InChI=1S/C30H24ClFN2O2/c31-27-9-5-4-8-25(27)30-26-15-10-22(18-28(26)34(33-30)24-13-11-23(32)12-14-24)29(36)17-21(19-35)16-20-6-2-1-3-7-20/h1-15,18,21,35H,16-17,19H2/t21-/m1/s1. The van der Waals surface area contributed by atoms with Gasteiger partial charge in [-0.25, -0.2) is 9.07 Å². The Bertz CT molecular complexity index is 1510. The zero-order chi connectivity index (χ0) is 25.1. The molecule has 0 radical (unpaired) electrons. The largest absolute Gasteiger partial charge is 0.396 e. The van der Waals surface area contributed by atoms with Crippen molar-refractivity contribution in [3.63, 3.8) is 0 Å². The third-order valence-corrected chi connectivity index (χ3v) is 6.63. The number of benzene rings is 4. The van der Waals surface area contributed by atoms with E-state index in [2.05, 4.69) is 0 Å². The van der Waals surface area contributed by atoms with Crippen molar-refractivity contribution in [3.8, 4) is 16.9 Å². The number of aromatic nitrogens is 2. The molecule has 5 rings (SSSR count). The highest BCUT2D eigenvalue weighted by Gasteiger charge is 2.20. The summed E-state index contributed by atoms with van der Waals surface area (Å²) in [5, 5.41) is 16.1. The molecule has 4 aromatic carbocycles. The van der Waals surface area contributed by atoms with E-state index in [1.165, 1.54) is 12.1 Å². The van der Waals surface area contributed by atoms with Gasteiger partial charge in [-0.05, 0) is 60.4 Å². The fourth-order valence-corrected chi connectivity index (χ4v) is 4.67. The number of nitrogens with zero attached hydrogens (tertiary/aromatic N) is 2. The van der Waals surface area contributed by atoms with E-state index in [1.54, 1.807) is 28.9 Å². The molecule has 0 spiro atoms. The minimum absolute atomic E-state index is 0.0574. The van der Waals surface area contributed by atoms with Crippen LogP contribution < -0.4 is 0 Å². The Morgan fingerprint density at radius 1 is 0.944 bits per heavy atom. The quantitative estimate of drug-likeness (QED) is 0.236. The molecule has 1 aromatic heterocycles. The van der Waals surface area contributed by atoms with Crippen LogP contribution in [-0.4, -0.2) is 27.3 Å². The van der Waals surface area contributed by atoms with E-state index in [4.69, 9.17) is 16.7 Å². The molecular formula is C30H24ClFN2O2. The van der Waals surface area contributed by atoms with Crippen molar-refractivity contribution in [2.45, 2.75) is 12.8 Å². The Hall–Kier alpha value is -3.80. The normalized spacial score (nSPS) is 12.1. The van der Waals surface area contributed by atoms with Crippen LogP contribution in [-0.2, 0) is 6.42 Å². The number of aliphatic hydroxyl groups is 1. The number of rotatable bonds is 8. The van der Waals surface area contributed by atoms with Crippen LogP contribution in [0.4, 0.5) is 4.39 Å². The lowest BCUT2D eigenvalue weighted by Gasteiger charge is -2.14. The molecule has 1 N–H and O–H groups in total. The number of halogens is 2. The predicted octanol–water partition coefficient (Wildman–Crippen LogP) is 6.91. The van der Waals surface area contributed by atoms with Crippen LogP contribution in [0.25, 0.3) is 27.8 Å². The summed E-state index contributed by atoms with van der Waals surface area (Å²) in [6.07, 6.45) is 0.842. The van der Waals surface area contributed by atoms with Gasteiger partial charge < -0.3 is 5.11 Å². The molecule has 0 aliphatic heterocycles. The van der Waals surface area contributed by atoms with Gasteiger partial charge >= 0.3 is 0 Å². The zero-order valence-corrected chi connectivity index (χ0v) is 20.2. The van der Waals surface area contributed by atoms with Gasteiger partial charge in [-0.15, -0.1) is 0 Å². The van der Waals surface area contributed by atoms with E-state index in [-0.39, 0.29) is 30.5 Å². The number of carbonyl (C=O) groups is 1. The van der Waals surface area contributed by atoms with Crippen molar-refractivity contribution in [3.05, 3.63) is 119 Å². The van der Waals surface area contributed by atoms with Gasteiger partial charge in [0.15, 0.2) is 5.78 Å². The van der Waals surface area contributed by atoms with E-state index in [1.807, 2.05) is 60.7 Å². The first kappa shape index (κ1) is 23.9. The van der Waals surface area contributed by atoms with E-state index < -0.39 is 0 Å². The summed E-state index contributed by atoms with van der Waals surface area (Å²) >= 11 is 6.48. The van der Waals surface area contributed by atoms with Crippen LogP contribution in [0, 0.1) is 11.7 Å². The molecule has 0 saturated carbocycles. The highest BCUT2D eigenvalue weighted by Crippen LogP contribution is 2.34. The minimum Gasteiger partial charge on any atom is -0.396 e. The van der Waals surface area contributed by atoms with Crippen molar-refractivity contribution in [1.82, 2.24) is 9.78 Å². The molecule has 0 unspecified atom stereocenters. The molecular weight excluding hydrogens is 475 g/mol. The summed E-state index contributed by atoms with van der Waals surface area (Å²) in [6, 6.07) is 28.8. The van der Waals surface area contributed by atoms with Crippen molar-refractivity contribution < 1.29 is 14.3 Å². The smallest absolute Gasteiger partial charge is 0.163 e. The predicted molar refractivity (Wildman–Crippen MR) is 141 cm³/mol. The van der Waals surface area contributed by atoms with Gasteiger partial charge in [0.2, 0.25) is 0 Å². The molecule has 1 atom stereocenters. The molecule has 1 heterocycles. The molecule has 4 nitrogen and oxygen atoms in total. The van der Waals surface area contributed by atoms with Gasteiger partial charge in [0.1, 0.15) is 11.5 Å². The maximum Gasteiger partial charge on any atom is 0.163 e. The summed E-state index contributed by atoms with van der Waals surface area (Å²) in [7, 11) is 0. The first-order chi connectivity index (χ1) is 17.5. The first-order valence-corrected chi connectivity index (χ1v) is 12.1. The fourth-order valence-electron chi connectivity index (χ4n) is 4.45. The fraction of sp³-hybridized carbons (Fsp3) is 0.133. The molecule has 180 valence electrons. The number of aliphatic hydroxyl groups excluding tert-OH is 1. The summed E-state index contributed by atoms with van der Waals surface area (Å²) in [5.74, 6) is -0.583. The van der Waals surface area contributed by atoms with Crippen LogP contribution >= 0.6 is 11.6 Å². The average molecular weight is 499 g/mol. The van der Waals surface area contributed by atoms with E-state index >= 15 is 0 Å². The lowest BCUT2D eigenvalue weighted by molar-refractivity contribution is 0.0936. The molecule has 6 heteroatoms. The van der Waals surface area contributed by atoms with Gasteiger partial charge in [0.05, 0.1) is 16.2 Å². The summed E-state index contributed by atoms with van der Waals surface area (Å²) in [6.45, 7) is -0.0763. The summed E-state index contributed by atoms with van der Waals surface area (Å²) in [4.78, 5) is 13.3. The third kappa shape index (κ3) is 4.94. The SMILES string of the molecule is O=C(C[C@H](CO)Cc1ccccc1)c1ccc2c(-c3ccccc3Cl)nn(-c3ccc(F)cc3)c2c1. The molecule has 5 aromatic rings. The minimum atomic E-state index is -0.342. The number of ketones is 1. The van der Waals surface area contributed by atoms with E-state index in [0.717, 1.165) is 16.5 Å². The van der Waals surface area contributed by atoms with Crippen LogP contribution in [0.15, 0.2) is 97.1 Å². The topological polar surface area (TPSA) is 55.1 Å². The molecule has 0 saturated heterocycles. The maximum absolute atomic E-state index is 13.6. The van der Waals surface area contributed by atoms with Crippen LogP contribution in [0.5, 0.6) is 0 Å². The lowest BCUT2D eigenvalue weighted by Crippen LogP contribution is -2.15. The third-order valence-electron chi connectivity index (χ3n) is 6.30. The molecule has 36 heavy (non-hydrogen) atoms.